The fourth-order valence-corrected chi connectivity index (χ4v) is 8.67. The summed E-state index contributed by atoms with van der Waals surface area (Å²) < 4.78 is 0. The molecule has 4 rings (SSSR count). The predicted octanol–water partition coefficient (Wildman–Crippen LogP) is 5.83. The average Bonchev–Trinajstić information content (AvgIpc) is 3.28. The number of rotatable bonds is 3. The van der Waals surface area contributed by atoms with Gasteiger partial charge in [0, 0.05) is 92.8 Å². The van der Waals surface area contributed by atoms with Gasteiger partial charge in [0.25, 0.3) is 0 Å². The first-order chi connectivity index (χ1) is 15.0. The minimum atomic E-state index is -2.12. The standard InChI is InChI=1S/C28H39NOSi.4Ti/c1-21-18-25-19-23-16-13-17-24(23)20-26(25)27(21)31(2,3)29-28(30)22-14-11-9-7-5-4-6-8-10-12-15-22;;;;/h13,16-20,22H,4-12,14-15H2,1-3H3,(H,29,30);;;;. The summed E-state index contributed by atoms with van der Waals surface area (Å²) in [7, 11) is -2.12. The zero-order valence-electron chi connectivity index (χ0n) is 21.7. The average molecular weight is 625 g/mol. The Balaban J connectivity index is 0.00000289. The zero-order chi connectivity index (χ0) is 21.8. The molecule has 1 saturated carbocycles. The predicted molar refractivity (Wildman–Crippen MR) is 136 cm³/mol. The molecule has 7 heteroatoms. The molecule has 3 aliphatic carbocycles. The van der Waals surface area contributed by atoms with Crippen LogP contribution >= 0.6 is 0 Å². The van der Waals surface area contributed by atoms with E-state index in [1.54, 1.807) is 0 Å². The van der Waals surface area contributed by atoms with Crippen LogP contribution in [0.4, 0.5) is 0 Å². The summed E-state index contributed by atoms with van der Waals surface area (Å²) in [4.78, 5) is 17.1. The van der Waals surface area contributed by atoms with Crippen LogP contribution in [0.3, 0.4) is 0 Å². The molecule has 2 nitrogen and oxygen atoms in total. The number of benzene rings is 1. The monoisotopic (exact) mass is 625 g/mol. The van der Waals surface area contributed by atoms with Gasteiger partial charge in [-0.25, -0.2) is 0 Å². The molecule has 1 aromatic rings. The van der Waals surface area contributed by atoms with Crippen molar-refractivity contribution in [2.45, 2.75) is 90.6 Å². The number of nitrogens with one attached hydrogen (secondary N) is 1. The van der Waals surface area contributed by atoms with Crippen molar-refractivity contribution in [1.29, 1.82) is 0 Å². The molecule has 0 unspecified atom stereocenters. The summed E-state index contributed by atoms with van der Waals surface area (Å²) in [5.74, 6) is 0.506. The van der Waals surface area contributed by atoms with Gasteiger partial charge in [-0.1, -0.05) is 82.1 Å². The summed E-state index contributed by atoms with van der Waals surface area (Å²) in [6, 6.07) is 4.64. The van der Waals surface area contributed by atoms with E-state index in [9.17, 15) is 4.79 Å². The van der Waals surface area contributed by atoms with E-state index in [2.05, 4.69) is 61.4 Å². The van der Waals surface area contributed by atoms with E-state index >= 15 is 0 Å². The molecule has 0 bridgehead atoms. The first-order valence-corrected chi connectivity index (χ1v) is 15.5. The van der Waals surface area contributed by atoms with Gasteiger partial charge in [0.05, 0.1) is 0 Å². The summed E-state index contributed by atoms with van der Waals surface area (Å²) >= 11 is 0. The third-order valence-corrected chi connectivity index (χ3v) is 10.2. The Morgan fingerprint density at radius 2 is 1.37 bits per heavy atom. The van der Waals surface area contributed by atoms with Crippen LogP contribution in [0.2, 0.25) is 13.1 Å². The number of allylic oxidation sites excluding steroid dienone is 2. The third-order valence-electron chi connectivity index (χ3n) is 7.38. The van der Waals surface area contributed by atoms with E-state index in [1.165, 1.54) is 90.1 Å². The number of hydrogen-bond acceptors (Lipinski definition) is 1. The SMILES string of the molecule is CC1=Cc2cc3c(cc2=C1[Si](C)(C)NC(=O)C1CCCCCCCCCCC1)C=CC=3.[Ti].[Ti].[Ti].[Ti]. The van der Waals surface area contributed by atoms with Gasteiger partial charge in [-0.05, 0) is 77.3 Å². The maximum absolute atomic E-state index is 13.5. The Morgan fingerprint density at radius 1 is 0.829 bits per heavy atom. The smallest absolute Gasteiger partial charge is 0.215 e. The van der Waals surface area contributed by atoms with Gasteiger partial charge in [-0.15, -0.1) is 0 Å². The zero-order valence-corrected chi connectivity index (χ0v) is 29.0. The van der Waals surface area contributed by atoms with Crippen LogP contribution in [-0.2, 0) is 91.7 Å². The van der Waals surface area contributed by atoms with E-state index in [-0.39, 0.29) is 92.8 Å². The summed E-state index contributed by atoms with van der Waals surface area (Å²) in [6.45, 7) is 6.85. The molecule has 0 aromatic heterocycles. The van der Waals surface area contributed by atoms with Crippen LogP contribution in [0, 0.1) is 5.92 Å². The topological polar surface area (TPSA) is 29.1 Å². The Hall–Kier alpha value is 0.984. The van der Waals surface area contributed by atoms with Crippen LogP contribution in [0.25, 0.3) is 23.4 Å². The number of hydrogen-bond donors (Lipinski definition) is 1. The van der Waals surface area contributed by atoms with Gasteiger partial charge in [0.2, 0.25) is 5.91 Å². The van der Waals surface area contributed by atoms with Crippen molar-refractivity contribution < 1.29 is 91.7 Å². The molecule has 0 atom stereocenters. The summed E-state index contributed by atoms with van der Waals surface area (Å²) in [6.07, 6.45) is 22.7. The van der Waals surface area contributed by atoms with Crippen molar-refractivity contribution in [2.24, 2.45) is 5.92 Å². The molecule has 0 radical (unpaired) electrons. The molecule has 1 amide bonds. The van der Waals surface area contributed by atoms with Gasteiger partial charge < -0.3 is 4.98 Å². The molecule has 0 spiro atoms. The normalized spacial score (nSPS) is 17.9. The molecular weight excluding hydrogens is 586 g/mol. The molecule has 1 N–H and O–H groups in total. The number of carbonyl (C=O) groups is 1. The molecule has 182 valence electrons. The molecule has 1 fully saturated rings. The van der Waals surface area contributed by atoms with Crippen molar-refractivity contribution in [1.82, 2.24) is 4.98 Å². The second-order valence-corrected chi connectivity index (χ2v) is 14.4. The quantitative estimate of drug-likeness (QED) is 0.421. The second-order valence-electron chi connectivity index (χ2n) is 10.4. The van der Waals surface area contributed by atoms with Crippen LogP contribution in [-0.4, -0.2) is 14.1 Å². The maximum atomic E-state index is 13.5. The molecule has 0 aliphatic heterocycles. The molecule has 0 saturated heterocycles. The number of carbonyl (C=O) groups excluding carboxylic acids is 1. The number of amides is 1. The van der Waals surface area contributed by atoms with Crippen LogP contribution < -0.4 is 15.4 Å². The maximum Gasteiger partial charge on any atom is 0.215 e. The summed E-state index contributed by atoms with van der Waals surface area (Å²) in [5.41, 5.74) is 3.94. The first kappa shape index (κ1) is 36.0. The van der Waals surface area contributed by atoms with Gasteiger partial charge in [-0.2, -0.15) is 0 Å². The van der Waals surface area contributed by atoms with Crippen LogP contribution in [0.1, 0.15) is 88.7 Å². The van der Waals surface area contributed by atoms with Crippen LogP contribution in [0.5, 0.6) is 0 Å². The molecule has 0 heterocycles. The van der Waals surface area contributed by atoms with Crippen LogP contribution in [0.15, 0.2) is 23.8 Å². The van der Waals surface area contributed by atoms with Crippen molar-refractivity contribution in [3.05, 3.63) is 45.3 Å². The Morgan fingerprint density at radius 3 is 1.94 bits per heavy atom. The van der Waals surface area contributed by atoms with E-state index in [0.717, 1.165) is 12.8 Å². The first-order valence-electron chi connectivity index (χ1n) is 12.5. The van der Waals surface area contributed by atoms with Gasteiger partial charge in [0.15, 0.2) is 8.24 Å². The fourth-order valence-electron chi connectivity index (χ4n) is 5.78. The van der Waals surface area contributed by atoms with Crippen molar-refractivity contribution in [3.63, 3.8) is 0 Å². The Labute approximate surface area is 273 Å². The third kappa shape index (κ3) is 9.30. The van der Waals surface area contributed by atoms with E-state index < -0.39 is 8.24 Å². The van der Waals surface area contributed by atoms with Gasteiger partial charge in [-0.3, -0.25) is 4.79 Å². The minimum Gasteiger partial charge on any atom is -0.378 e. The van der Waals surface area contributed by atoms with E-state index in [0.29, 0.717) is 5.91 Å². The Kier molecular flexibility index (Phi) is 17.3. The largest absolute Gasteiger partial charge is 0.378 e. The molecular formula is C28H39NOSiTi4. The van der Waals surface area contributed by atoms with E-state index in [1.807, 2.05) is 0 Å². The summed E-state index contributed by atoms with van der Waals surface area (Å²) in [5, 5.41) is 4.06. The van der Waals surface area contributed by atoms with Crippen molar-refractivity contribution >= 4 is 37.6 Å². The van der Waals surface area contributed by atoms with E-state index in [4.69, 9.17) is 0 Å². The number of fused-ring (bicyclic) bond motifs is 2. The Bertz CT molecular complexity index is 1020. The molecule has 1 aromatic carbocycles. The minimum absolute atomic E-state index is 0. The molecule has 3 aliphatic rings. The van der Waals surface area contributed by atoms with Crippen molar-refractivity contribution in [3.8, 4) is 0 Å². The second kappa shape index (κ2) is 16.8. The molecule has 35 heavy (non-hydrogen) atoms. The van der Waals surface area contributed by atoms with Gasteiger partial charge >= 0.3 is 0 Å². The van der Waals surface area contributed by atoms with Crippen molar-refractivity contribution in [2.75, 3.05) is 0 Å². The van der Waals surface area contributed by atoms with Gasteiger partial charge in [0.1, 0.15) is 0 Å². The fraction of sp³-hybridized carbons (Fsp3) is 0.536.